The predicted molar refractivity (Wildman–Crippen MR) is 75.2 cm³/mol. The highest BCUT2D eigenvalue weighted by atomic mass is 35.5. The van der Waals surface area contributed by atoms with Crippen LogP contribution in [0.25, 0.3) is 0 Å². The zero-order valence-electron chi connectivity index (χ0n) is 11.4. The maximum atomic E-state index is 6.07. The second kappa shape index (κ2) is 6.20. The van der Waals surface area contributed by atoms with Gasteiger partial charge in [-0.25, -0.2) is 0 Å². The van der Waals surface area contributed by atoms with Crippen LogP contribution in [-0.4, -0.2) is 33.7 Å². The molecule has 6 heteroatoms. The van der Waals surface area contributed by atoms with Gasteiger partial charge >= 0.3 is 0 Å². The first-order valence-corrected chi connectivity index (χ1v) is 7.06. The van der Waals surface area contributed by atoms with Crippen LogP contribution in [0.3, 0.4) is 0 Å². The van der Waals surface area contributed by atoms with E-state index in [-0.39, 0.29) is 18.4 Å². The quantitative estimate of drug-likeness (QED) is 0.918. The third kappa shape index (κ3) is 3.46. The van der Waals surface area contributed by atoms with Crippen LogP contribution in [0.2, 0.25) is 0 Å². The lowest BCUT2D eigenvalue weighted by molar-refractivity contribution is 0.109. The van der Waals surface area contributed by atoms with Crippen molar-refractivity contribution in [1.82, 2.24) is 15.0 Å². The number of halogens is 1. The fourth-order valence-electron chi connectivity index (χ4n) is 2.82. The molecule has 1 saturated carbocycles. The number of piperidine rings is 1. The number of nitrogens with zero attached hydrogens (tertiary/aromatic N) is 3. The van der Waals surface area contributed by atoms with E-state index < -0.39 is 0 Å². The van der Waals surface area contributed by atoms with E-state index >= 15 is 0 Å². The molecule has 2 fully saturated rings. The van der Waals surface area contributed by atoms with Gasteiger partial charge in [0.25, 0.3) is 0 Å². The largest absolute Gasteiger partial charge is 0.338 e. The molecule has 1 saturated heterocycles. The van der Waals surface area contributed by atoms with E-state index in [1.165, 1.54) is 32.1 Å². The maximum absolute atomic E-state index is 6.07. The number of likely N-dealkylation sites (tertiary alicyclic amines) is 1. The topological polar surface area (TPSA) is 68.2 Å². The Morgan fingerprint density at radius 1 is 1.37 bits per heavy atom. The highest BCUT2D eigenvalue weighted by Gasteiger charge is 2.30. The highest BCUT2D eigenvalue weighted by molar-refractivity contribution is 5.85. The summed E-state index contributed by atoms with van der Waals surface area (Å²) in [6.45, 7) is 3.94. The van der Waals surface area contributed by atoms with Crippen LogP contribution in [0, 0.1) is 0 Å². The van der Waals surface area contributed by atoms with E-state index in [9.17, 15) is 0 Å². The molecule has 0 amide bonds. The highest BCUT2D eigenvalue weighted by Crippen LogP contribution is 2.38. The summed E-state index contributed by atoms with van der Waals surface area (Å²) in [5.74, 6) is 2.22. The van der Waals surface area contributed by atoms with E-state index in [2.05, 4.69) is 22.0 Å². The van der Waals surface area contributed by atoms with Crippen molar-refractivity contribution in [3.8, 4) is 0 Å². The monoisotopic (exact) mass is 286 g/mol. The minimum absolute atomic E-state index is 0. The van der Waals surface area contributed by atoms with Crippen molar-refractivity contribution in [1.29, 1.82) is 0 Å². The first kappa shape index (κ1) is 14.8. The molecule has 5 nitrogen and oxygen atoms in total. The van der Waals surface area contributed by atoms with Crippen LogP contribution in [0.1, 0.15) is 56.7 Å². The van der Waals surface area contributed by atoms with E-state index in [1.54, 1.807) is 0 Å². The van der Waals surface area contributed by atoms with Gasteiger partial charge in [0.05, 0.1) is 6.54 Å². The third-order valence-electron chi connectivity index (χ3n) is 4.04. The van der Waals surface area contributed by atoms with Crippen LogP contribution < -0.4 is 5.73 Å². The summed E-state index contributed by atoms with van der Waals surface area (Å²) in [7, 11) is 0. The summed E-state index contributed by atoms with van der Waals surface area (Å²) in [5, 5.41) is 4.07. The molecule has 1 aromatic rings. The zero-order valence-corrected chi connectivity index (χ0v) is 12.2. The van der Waals surface area contributed by atoms with Crippen LogP contribution >= 0.6 is 12.4 Å². The van der Waals surface area contributed by atoms with E-state index in [1.807, 2.05) is 0 Å². The molecule has 0 aromatic carbocycles. The molecular weight excluding hydrogens is 264 g/mol. The summed E-state index contributed by atoms with van der Waals surface area (Å²) >= 11 is 0. The number of hydrogen-bond acceptors (Lipinski definition) is 5. The van der Waals surface area contributed by atoms with Crippen LogP contribution in [0.4, 0.5) is 0 Å². The fourth-order valence-corrected chi connectivity index (χ4v) is 2.82. The van der Waals surface area contributed by atoms with E-state index in [4.69, 9.17) is 10.3 Å². The van der Waals surface area contributed by atoms with Crippen molar-refractivity contribution in [3.05, 3.63) is 11.7 Å². The minimum atomic E-state index is 0. The Balaban J connectivity index is 0.00000133. The lowest BCUT2D eigenvalue weighted by Gasteiger charge is -2.37. The van der Waals surface area contributed by atoms with Crippen LogP contribution in [0.15, 0.2) is 4.52 Å². The molecule has 1 aliphatic carbocycles. The molecule has 108 valence electrons. The molecule has 0 radical (unpaired) electrons. The molecule has 1 aliphatic heterocycles. The van der Waals surface area contributed by atoms with E-state index in [0.717, 1.165) is 24.8 Å². The Bertz CT molecular complexity index is 405. The molecule has 2 N–H and O–H groups in total. The van der Waals surface area contributed by atoms with Gasteiger partial charge in [0.2, 0.25) is 5.89 Å². The second-order valence-corrected chi connectivity index (χ2v) is 5.71. The summed E-state index contributed by atoms with van der Waals surface area (Å²) in [6.07, 6.45) is 6.13. The van der Waals surface area contributed by atoms with Crippen LogP contribution in [-0.2, 0) is 6.54 Å². The van der Waals surface area contributed by atoms with Gasteiger partial charge in [-0.15, -0.1) is 12.4 Å². The molecule has 0 bridgehead atoms. The molecular formula is C13H23ClN4O. The first-order chi connectivity index (χ1) is 8.74. The average molecular weight is 287 g/mol. The Morgan fingerprint density at radius 2 is 2.16 bits per heavy atom. The number of nitrogens with two attached hydrogens (primary N) is 1. The summed E-state index contributed by atoms with van der Waals surface area (Å²) in [4.78, 5) is 6.90. The van der Waals surface area contributed by atoms with Crippen molar-refractivity contribution < 1.29 is 4.52 Å². The standard InChI is InChI=1S/C13H22N4O.ClH/c1-9(14)11-4-2-3-7-17(11)8-12-15-13(16-18-12)10-5-6-10;/h9-11H,2-8,14H2,1H3;1H. The Kier molecular flexibility index (Phi) is 4.81. The molecule has 2 heterocycles. The molecule has 0 spiro atoms. The normalized spacial score (nSPS) is 25.9. The SMILES string of the molecule is CC(N)C1CCCCN1Cc1nc(C2CC2)no1.Cl. The molecule has 2 unspecified atom stereocenters. The molecule has 1 aromatic heterocycles. The lowest BCUT2D eigenvalue weighted by atomic mass is 9.97. The predicted octanol–water partition coefficient (Wildman–Crippen LogP) is 2.07. The van der Waals surface area contributed by atoms with Gasteiger partial charge in [0.15, 0.2) is 5.82 Å². The number of rotatable bonds is 4. The Hall–Kier alpha value is -0.650. The lowest BCUT2D eigenvalue weighted by Crippen LogP contribution is -2.48. The third-order valence-corrected chi connectivity index (χ3v) is 4.04. The van der Waals surface area contributed by atoms with Gasteiger partial charge in [-0.3, -0.25) is 4.90 Å². The average Bonchev–Trinajstić information content (AvgIpc) is 3.11. The molecule has 3 rings (SSSR count). The summed E-state index contributed by atoms with van der Waals surface area (Å²) in [5.41, 5.74) is 6.07. The Morgan fingerprint density at radius 3 is 2.84 bits per heavy atom. The van der Waals surface area contributed by atoms with Crippen molar-refractivity contribution in [2.24, 2.45) is 5.73 Å². The zero-order chi connectivity index (χ0) is 12.5. The molecule has 2 aliphatic rings. The van der Waals surface area contributed by atoms with Gasteiger partial charge in [-0.1, -0.05) is 11.6 Å². The molecule has 19 heavy (non-hydrogen) atoms. The van der Waals surface area contributed by atoms with E-state index in [0.29, 0.717) is 12.0 Å². The fraction of sp³-hybridized carbons (Fsp3) is 0.846. The minimum Gasteiger partial charge on any atom is -0.338 e. The van der Waals surface area contributed by atoms with Crippen molar-refractivity contribution in [3.63, 3.8) is 0 Å². The molecule has 2 atom stereocenters. The first-order valence-electron chi connectivity index (χ1n) is 7.06. The number of aromatic nitrogens is 2. The van der Waals surface area contributed by atoms with Gasteiger partial charge in [0, 0.05) is 18.0 Å². The van der Waals surface area contributed by atoms with Gasteiger partial charge in [-0.05, 0) is 39.2 Å². The second-order valence-electron chi connectivity index (χ2n) is 5.71. The Labute approximate surface area is 120 Å². The van der Waals surface area contributed by atoms with Crippen LogP contribution in [0.5, 0.6) is 0 Å². The van der Waals surface area contributed by atoms with Crippen molar-refractivity contribution in [2.75, 3.05) is 6.54 Å². The van der Waals surface area contributed by atoms with Gasteiger partial charge < -0.3 is 10.3 Å². The van der Waals surface area contributed by atoms with Gasteiger partial charge in [0.1, 0.15) is 0 Å². The number of hydrogen-bond donors (Lipinski definition) is 1. The maximum Gasteiger partial charge on any atom is 0.240 e. The summed E-state index contributed by atoms with van der Waals surface area (Å²) < 4.78 is 5.35. The van der Waals surface area contributed by atoms with Crippen molar-refractivity contribution >= 4 is 12.4 Å². The summed E-state index contributed by atoms with van der Waals surface area (Å²) in [6, 6.07) is 0.658. The van der Waals surface area contributed by atoms with Crippen molar-refractivity contribution in [2.45, 2.75) is 63.6 Å². The van der Waals surface area contributed by atoms with Gasteiger partial charge in [-0.2, -0.15) is 4.98 Å². The smallest absolute Gasteiger partial charge is 0.240 e.